The fraction of sp³-hybridized carbons (Fsp3) is 0.273. The summed E-state index contributed by atoms with van der Waals surface area (Å²) in [5.41, 5.74) is 6.99. The third-order valence-electron chi connectivity index (χ3n) is 2.52. The van der Waals surface area contributed by atoms with E-state index in [-0.39, 0.29) is 6.54 Å². The highest BCUT2D eigenvalue weighted by molar-refractivity contribution is 5.81. The summed E-state index contributed by atoms with van der Waals surface area (Å²) in [4.78, 5) is 0. The van der Waals surface area contributed by atoms with Gasteiger partial charge in [-0.15, -0.1) is 0 Å². The Hall–Kier alpha value is -1.35. The molecule has 0 radical (unpaired) electrons. The van der Waals surface area contributed by atoms with Gasteiger partial charge in [-0.1, -0.05) is 18.2 Å². The zero-order chi connectivity index (χ0) is 10.1. The van der Waals surface area contributed by atoms with Crippen LogP contribution in [0.3, 0.4) is 0 Å². The van der Waals surface area contributed by atoms with E-state index in [2.05, 4.69) is 0 Å². The molecule has 2 nitrogen and oxygen atoms in total. The maximum atomic E-state index is 13.4. The number of aryl methyl sites for hydroxylation is 1. The zero-order valence-electron chi connectivity index (χ0n) is 8.07. The number of para-hydroxylation sites is 1. The van der Waals surface area contributed by atoms with E-state index in [1.165, 1.54) is 0 Å². The van der Waals surface area contributed by atoms with Crippen LogP contribution < -0.4 is 5.73 Å². The Morgan fingerprint density at radius 2 is 2.14 bits per heavy atom. The number of hydrogen-bond donors (Lipinski definition) is 1. The van der Waals surface area contributed by atoms with Crippen LogP contribution in [-0.4, -0.2) is 11.1 Å². The second-order valence-corrected chi connectivity index (χ2v) is 3.39. The number of fused-ring (bicyclic) bond motifs is 1. The lowest BCUT2D eigenvalue weighted by molar-refractivity contribution is 0.339. The number of nitrogens with zero attached hydrogens (tertiary/aromatic N) is 1. The van der Waals surface area contributed by atoms with E-state index in [4.69, 9.17) is 5.73 Å². The highest BCUT2D eigenvalue weighted by atomic mass is 19.1. The average Bonchev–Trinajstić information content (AvgIpc) is 2.56. The molecule has 1 heterocycles. The molecule has 14 heavy (non-hydrogen) atoms. The molecular formula is C11H13FN2. The van der Waals surface area contributed by atoms with E-state index in [0.717, 1.165) is 10.9 Å². The van der Waals surface area contributed by atoms with Crippen LogP contribution in [-0.2, 0) is 7.05 Å². The molecular weight excluding hydrogens is 179 g/mol. The molecule has 2 aromatic rings. The van der Waals surface area contributed by atoms with Gasteiger partial charge in [-0.2, -0.15) is 0 Å². The minimum Gasteiger partial charge on any atom is -0.345 e. The molecule has 3 heteroatoms. The molecule has 1 aromatic heterocycles. The number of benzene rings is 1. The van der Waals surface area contributed by atoms with Crippen LogP contribution in [0.5, 0.6) is 0 Å². The Kier molecular flexibility index (Phi) is 2.25. The predicted octanol–water partition coefficient (Wildman–Crippen LogP) is 2.15. The van der Waals surface area contributed by atoms with Gasteiger partial charge >= 0.3 is 0 Å². The number of halogens is 1. The minimum absolute atomic E-state index is 0.0319. The van der Waals surface area contributed by atoms with E-state index < -0.39 is 6.17 Å². The second kappa shape index (κ2) is 3.42. The highest BCUT2D eigenvalue weighted by Crippen LogP contribution is 2.24. The van der Waals surface area contributed by atoms with Gasteiger partial charge in [-0.3, -0.25) is 0 Å². The van der Waals surface area contributed by atoms with Gasteiger partial charge in [0, 0.05) is 19.1 Å². The van der Waals surface area contributed by atoms with Crippen LogP contribution in [0.2, 0.25) is 0 Å². The number of hydrogen-bond acceptors (Lipinski definition) is 1. The van der Waals surface area contributed by atoms with Crippen molar-refractivity contribution >= 4 is 10.9 Å². The molecule has 0 aliphatic heterocycles. The largest absolute Gasteiger partial charge is 0.345 e. The summed E-state index contributed by atoms with van der Waals surface area (Å²) in [6.07, 6.45) is -1.08. The van der Waals surface area contributed by atoms with Crippen molar-refractivity contribution in [3.8, 4) is 0 Å². The Balaban J connectivity index is 2.62. The first-order chi connectivity index (χ1) is 6.74. The van der Waals surface area contributed by atoms with E-state index in [9.17, 15) is 4.39 Å². The molecule has 1 atom stereocenters. The molecule has 1 unspecified atom stereocenters. The molecule has 0 spiro atoms. The molecule has 0 amide bonds. The number of rotatable bonds is 2. The van der Waals surface area contributed by atoms with Gasteiger partial charge in [0.05, 0.1) is 5.69 Å². The maximum Gasteiger partial charge on any atom is 0.152 e. The molecule has 0 aliphatic rings. The van der Waals surface area contributed by atoms with Crippen LogP contribution in [0.15, 0.2) is 30.3 Å². The summed E-state index contributed by atoms with van der Waals surface area (Å²) in [5, 5.41) is 1.06. The highest BCUT2D eigenvalue weighted by Gasteiger charge is 2.13. The normalized spacial score (nSPS) is 13.4. The van der Waals surface area contributed by atoms with Gasteiger partial charge in [0.15, 0.2) is 6.17 Å². The summed E-state index contributed by atoms with van der Waals surface area (Å²) in [6.45, 7) is 0.0319. The quantitative estimate of drug-likeness (QED) is 0.776. The van der Waals surface area contributed by atoms with Crippen LogP contribution in [0.25, 0.3) is 10.9 Å². The Bertz CT molecular complexity index is 447. The van der Waals surface area contributed by atoms with Crippen molar-refractivity contribution in [2.75, 3.05) is 6.54 Å². The van der Waals surface area contributed by atoms with Gasteiger partial charge in [0.1, 0.15) is 0 Å². The molecule has 0 saturated carbocycles. The Morgan fingerprint density at radius 1 is 1.43 bits per heavy atom. The predicted molar refractivity (Wildman–Crippen MR) is 55.8 cm³/mol. The topological polar surface area (TPSA) is 30.9 Å². The monoisotopic (exact) mass is 192 g/mol. The first-order valence-corrected chi connectivity index (χ1v) is 4.62. The van der Waals surface area contributed by atoms with Gasteiger partial charge in [-0.25, -0.2) is 4.39 Å². The average molecular weight is 192 g/mol. The fourth-order valence-electron chi connectivity index (χ4n) is 1.73. The number of alkyl halides is 1. The summed E-state index contributed by atoms with van der Waals surface area (Å²) < 4.78 is 15.3. The van der Waals surface area contributed by atoms with Crippen molar-refractivity contribution in [2.45, 2.75) is 6.17 Å². The molecule has 0 fully saturated rings. The number of aromatic nitrogens is 1. The Morgan fingerprint density at radius 3 is 2.79 bits per heavy atom. The second-order valence-electron chi connectivity index (χ2n) is 3.39. The zero-order valence-corrected chi connectivity index (χ0v) is 8.07. The lowest BCUT2D eigenvalue weighted by atomic mass is 10.2. The standard InChI is InChI=1S/C11H13FN2/c1-14-10-5-3-2-4-8(10)6-11(14)9(12)7-13/h2-6,9H,7,13H2,1H3. The van der Waals surface area contributed by atoms with Crippen molar-refractivity contribution in [1.29, 1.82) is 0 Å². The van der Waals surface area contributed by atoms with Crippen molar-refractivity contribution < 1.29 is 4.39 Å². The van der Waals surface area contributed by atoms with Crippen LogP contribution in [0.1, 0.15) is 11.9 Å². The molecule has 74 valence electrons. The van der Waals surface area contributed by atoms with Gasteiger partial charge in [-0.05, 0) is 17.5 Å². The van der Waals surface area contributed by atoms with Gasteiger partial charge < -0.3 is 10.3 Å². The molecule has 0 bridgehead atoms. The van der Waals surface area contributed by atoms with Crippen molar-refractivity contribution in [2.24, 2.45) is 12.8 Å². The third-order valence-corrected chi connectivity index (χ3v) is 2.52. The molecule has 2 N–H and O–H groups in total. The smallest absolute Gasteiger partial charge is 0.152 e. The Labute approximate surface area is 82.1 Å². The van der Waals surface area contributed by atoms with Crippen molar-refractivity contribution in [1.82, 2.24) is 4.57 Å². The minimum atomic E-state index is -1.08. The lowest BCUT2D eigenvalue weighted by Crippen LogP contribution is -2.10. The number of nitrogens with two attached hydrogens (primary N) is 1. The molecule has 0 aliphatic carbocycles. The van der Waals surface area contributed by atoms with Gasteiger partial charge in [0.2, 0.25) is 0 Å². The summed E-state index contributed by atoms with van der Waals surface area (Å²) in [7, 11) is 1.86. The van der Waals surface area contributed by atoms with Crippen molar-refractivity contribution in [3.05, 3.63) is 36.0 Å². The molecule has 1 aromatic carbocycles. The fourth-order valence-corrected chi connectivity index (χ4v) is 1.73. The first kappa shape index (κ1) is 9.21. The summed E-state index contributed by atoms with van der Waals surface area (Å²) >= 11 is 0. The third kappa shape index (κ3) is 1.30. The van der Waals surface area contributed by atoms with Gasteiger partial charge in [0.25, 0.3) is 0 Å². The first-order valence-electron chi connectivity index (χ1n) is 4.62. The lowest BCUT2D eigenvalue weighted by Gasteiger charge is -2.06. The summed E-state index contributed by atoms with van der Waals surface area (Å²) in [6, 6.07) is 9.70. The van der Waals surface area contributed by atoms with E-state index in [1.54, 1.807) is 0 Å². The van der Waals surface area contributed by atoms with Crippen molar-refractivity contribution in [3.63, 3.8) is 0 Å². The van der Waals surface area contributed by atoms with Crippen LogP contribution in [0, 0.1) is 0 Å². The van der Waals surface area contributed by atoms with E-state index >= 15 is 0 Å². The SMILES string of the molecule is Cn1c(C(F)CN)cc2ccccc21. The summed E-state index contributed by atoms with van der Waals surface area (Å²) in [5.74, 6) is 0. The van der Waals surface area contributed by atoms with E-state index in [1.807, 2.05) is 41.9 Å². The molecule has 0 saturated heterocycles. The molecule has 2 rings (SSSR count). The van der Waals surface area contributed by atoms with Crippen LogP contribution >= 0.6 is 0 Å². The van der Waals surface area contributed by atoms with Crippen LogP contribution in [0.4, 0.5) is 4.39 Å². The van der Waals surface area contributed by atoms with E-state index in [0.29, 0.717) is 5.69 Å². The maximum absolute atomic E-state index is 13.4.